The first kappa shape index (κ1) is 13.4. The molecule has 1 aliphatic heterocycles. The Labute approximate surface area is 112 Å². The number of halogens is 2. The number of hydrogen-bond acceptors (Lipinski definition) is 5. The number of ether oxygens (including phenoxy) is 1. The lowest BCUT2D eigenvalue weighted by molar-refractivity contribution is -0.150. The van der Waals surface area contributed by atoms with Gasteiger partial charge in [0.15, 0.2) is 0 Å². The van der Waals surface area contributed by atoms with E-state index in [0.29, 0.717) is 5.02 Å². The zero-order chi connectivity index (χ0) is 13.5. The van der Waals surface area contributed by atoms with E-state index >= 15 is 0 Å². The van der Waals surface area contributed by atoms with E-state index in [1.165, 1.54) is 24.3 Å². The fourth-order valence-corrected chi connectivity index (χ4v) is 3.36. The fraction of sp³-hybridized carbons (Fsp3) is 0.100. The van der Waals surface area contributed by atoms with Crippen molar-refractivity contribution < 1.29 is 23.1 Å². The molecule has 0 saturated carbocycles. The Kier molecular flexibility index (Phi) is 3.37. The summed E-state index contributed by atoms with van der Waals surface area (Å²) in [5, 5.41) is 9.10. The van der Waals surface area contributed by atoms with E-state index < -0.39 is 32.0 Å². The number of aliphatic hydroxyl groups is 1. The molecule has 1 unspecified atom stereocenters. The molecule has 1 aliphatic rings. The number of aliphatic hydroxyl groups excluding tert-OH is 1. The van der Waals surface area contributed by atoms with Crippen LogP contribution in [0.1, 0.15) is 0 Å². The molecule has 18 heavy (non-hydrogen) atoms. The first-order valence-electron chi connectivity index (χ1n) is 4.63. The topological polar surface area (TPSA) is 80.7 Å². The van der Waals surface area contributed by atoms with Crippen LogP contribution in [0.3, 0.4) is 0 Å². The number of carbonyl (C=O) groups excluding carboxylic acids is 1. The Morgan fingerprint density at radius 3 is 2.17 bits per heavy atom. The Bertz CT molecular complexity index is 633. The molecule has 96 valence electrons. The third-order valence-electron chi connectivity index (χ3n) is 2.25. The summed E-state index contributed by atoms with van der Waals surface area (Å²) < 4.78 is 28.6. The smallest absolute Gasteiger partial charge is 0.353 e. The summed E-state index contributed by atoms with van der Waals surface area (Å²) in [7, 11) is -4.09. The Hall–Kier alpha value is -1.08. The van der Waals surface area contributed by atoms with Crippen LogP contribution in [0.4, 0.5) is 0 Å². The first-order valence-corrected chi connectivity index (χ1v) is 6.87. The summed E-state index contributed by atoms with van der Waals surface area (Å²) in [5.74, 6) is -1.07. The Balaban J connectivity index is 2.56. The van der Waals surface area contributed by atoms with E-state index in [9.17, 15) is 18.3 Å². The lowest BCUT2D eigenvalue weighted by atomic mass is 10.4. The predicted octanol–water partition coefficient (Wildman–Crippen LogP) is 1.44. The zero-order valence-corrected chi connectivity index (χ0v) is 11.0. The maximum Gasteiger partial charge on any atom is 0.353 e. The lowest BCUT2D eigenvalue weighted by Crippen LogP contribution is -2.17. The molecular formula is C10H6Cl2O5S. The molecule has 2 rings (SSSR count). The molecule has 5 nitrogen and oxygen atoms in total. The van der Waals surface area contributed by atoms with Crippen LogP contribution in [-0.4, -0.2) is 25.8 Å². The van der Waals surface area contributed by atoms with Crippen LogP contribution < -0.4 is 0 Å². The third-order valence-corrected chi connectivity index (χ3v) is 4.85. The number of sulfone groups is 1. The molecule has 0 saturated heterocycles. The monoisotopic (exact) mass is 308 g/mol. The molecule has 0 radical (unpaired) electrons. The van der Waals surface area contributed by atoms with Crippen molar-refractivity contribution in [3.63, 3.8) is 0 Å². The minimum absolute atomic E-state index is 0.141. The zero-order valence-electron chi connectivity index (χ0n) is 8.63. The van der Waals surface area contributed by atoms with E-state index in [2.05, 4.69) is 4.74 Å². The summed E-state index contributed by atoms with van der Waals surface area (Å²) in [6.07, 6.45) is -1.88. The van der Waals surface area contributed by atoms with Gasteiger partial charge in [0, 0.05) is 5.02 Å². The SMILES string of the molecule is O=C1OC(O)C(S(=O)(=O)c2ccc(Cl)cc2)=C1Cl. The minimum atomic E-state index is -4.09. The van der Waals surface area contributed by atoms with Gasteiger partial charge in [0.1, 0.15) is 9.94 Å². The van der Waals surface area contributed by atoms with Crippen molar-refractivity contribution >= 4 is 39.0 Å². The number of rotatable bonds is 2. The van der Waals surface area contributed by atoms with Crippen LogP contribution in [0.5, 0.6) is 0 Å². The number of esters is 1. The summed E-state index contributed by atoms with van der Waals surface area (Å²) in [6.45, 7) is 0. The van der Waals surface area contributed by atoms with Gasteiger partial charge in [-0.15, -0.1) is 0 Å². The Morgan fingerprint density at radius 1 is 1.17 bits per heavy atom. The maximum atomic E-state index is 12.1. The Morgan fingerprint density at radius 2 is 1.72 bits per heavy atom. The molecule has 0 amide bonds. The largest absolute Gasteiger partial charge is 0.426 e. The highest BCUT2D eigenvalue weighted by atomic mass is 35.5. The van der Waals surface area contributed by atoms with Gasteiger partial charge in [-0.2, -0.15) is 0 Å². The van der Waals surface area contributed by atoms with Crippen molar-refractivity contribution in [2.45, 2.75) is 11.2 Å². The van der Waals surface area contributed by atoms with E-state index in [0.717, 1.165) is 0 Å². The fourth-order valence-electron chi connectivity index (χ4n) is 1.41. The van der Waals surface area contributed by atoms with Gasteiger partial charge in [0.05, 0.1) is 4.90 Å². The molecule has 0 spiro atoms. The second-order valence-corrected chi connectivity index (χ2v) is 6.13. The molecule has 0 aliphatic carbocycles. The molecule has 1 atom stereocenters. The highest BCUT2D eigenvalue weighted by Gasteiger charge is 2.40. The molecule has 8 heteroatoms. The van der Waals surface area contributed by atoms with Gasteiger partial charge in [0.2, 0.25) is 16.1 Å². The number of carbonyl (C=O) groups is 1. The molecule has 1 aromatic carbocycles. The predicted molar refractivity (Wildman–Crippen MR) is 63.6 cm³/mol. The van der Waals surface area contributed by atoms with Crippen LogP contribution >= 0.6 is 23.2 Å². The average molecular weight is 309 g/mol. The number of hydrogen-bond donors (Lipinski definition) is 1. The molecule has 1 heterocycles. The first-order chi connectivity index (χ1) is 8.34. The second-order valence-electron chi connectivity index (χ2n) is 3.39. The van der Waals surface area contributed by atoms with Gasteiger partial charge >= 0.3 is 5.97 Å². The van der Waals surface area contributed by atoms with Crippen molar-refractivity contribution in [1.29, 1.82) is 0 Å². The standard InChI is InChI=1S/C10H6Cl2O5S/c11-5-1-3-6(4-2-5)18(15,16)8-7(12)9(13)17-10(8)14/h1-4,10,14H. The van der Waals surface area contributed by atoms with Crippen molar-refractivity contribution in [1.82, 2.24) is 0 Å². The van der Waals surface area contributed by atoms with Crippen molar-refractivity contribution in [3.05, 3.63) is 39.2 Å². The van der Waals surface area contributed by atoms with Gasteiger partial charge in [-0.05, 0) is 24.3 Å². The van der Waals surface area contributed by atoms with Gasteiger partial charge in [-0.3, -0.25) is 0 Å². The minimum Gasteiger partial charge on any atom is -0.426 e. The van der Waals surface area contributed by atoms with Crippen LogP contribution in [-0.2, 0) is 19.4 Å². The van der Waals surface area contributed by atoms with Gasteiger partial charge in [0.25, 0.3) is 0 Å². The summed E-state index contributed by atoms with van der Waals surface area (Å²) in [6, 6.07) is 5.22. The van der Waals surface area contributed by atoms with E-state index in [1.807, 2.05) is 0 Å². The maximum absolute atomic E-state index is 12.1. The van der Waals surface area contributed by atoms with Crippen LogP contribution in [0, 0.1) is 0 Å². The molecule has 0 aromatic heterocycles. The number of cyclic esters (lactones) is 1. The summed E-state index contributed by atoms with van der Waals surface area (Å²) >= 11 is 11.2. The van der Waals surface area contributed by atoms with E-state index in [4.69, 9.17) is 23.2 Å². The van der Waals surface area contributed by atoms with Gasteiger partial charge in [-0.25, -0.2) is 13.2 Å². The van der Waals surface area contributed by atoms with Crippen LogP contribution in [0.25, 0.3) is 0 Å². The summed E-state index contributed by atoms with van der Waals surface area (Å²) in [4.78, 5) is 10.3. The highest BCUT2D eigenvalue weighted by molar-refractivity contribution is 7.95. The molecule has 1 N–H and O–H groups in total. The molecule has 0 fully saturated rings. The normalized spacial score (nSPS) is 20.2. The van der Waals surface area contributed by atoms with E-state index in [1.54, 1.807) is 0 Å². The second kappa shape index (κ2) is 4.55. The highest BCUT2D eigenvalue weighted by Crippen LogP contribution is 2.33. The quantitative estimate of drug-likeness (QED) is 0.836. The molecule has 0 bridgehead atoms. The van der Waals surface area contributed by atoms with Gasteiger partial charge in [-0.1, -0.05) is 23.2 Å². The van der Waals surface area contributed by atoms with Crippen molar-refractivity contribution in [2.75, 3.05) is 0 Å². The van der Waals surface area contributed by atoms with Crippen molar-refractivity contribution in [2.24, 2.45) is 0 Å². The molecule has 1 aromatic rings. The van der Waals surface area contributed by atoms with E-state index in [-0.39, 0.29) is 4.90 Å². The third kappa shape index (κ3) is 2.12. The van der Waals surface area contributed by atoms with Crippen molar-refractivity contribution in [3.8, 4) is 0 Å². The number of benzene rings is 1. The van der Waals surface area contributed by atoms with Crippen LogP contribution in [0.15, 0.2) is 39.1 Å². The summed E-state index contributed by atoms with van der Waals surface area (Å²) in [5.41, 5.74) is 0. The lowest BCUT2D eigenvalue weighted by Gasteiger charge is -2.08. The average Bonchev–Trinajstić information content (AvgIpc) is 2.54. The van der Waals surface area contributed by atoms with Crippen LogP contribution in [0.2, 0.25) is 5.02 Å². The van der Waals surface area contributed by atoms with Gasteiger partial charge < -0.3 is 9.84 Å². The molecular weight excluding hydrogens is 303 g/mol.